The van der Waals surface area contributed by atoms with Crippen LogP contribution in [0.15, 0.2) is 84.4 Å². The monoisotopic (exact) mass is 391 g/mol. The number of Topliss-reactive ketones (excluding diaryl/α,β-unsaturated/α-hetero) is 1. The van der Waals surface area contributed by atoms with Gasteiger partial charge in [0.25, 0.3) is 11.7 Å². The minimum atomic E-state index is -1.19. The molecule has 0 spiro atoms. The zero-order valence-electron chi connectivity index (χ0n) is 15.0. The summed E-state index contributed by atoms with van der Waals surface area (Å²) >= 11 is 0. The second kappa shape index (κ2) is 7.31. The van der Waals surface area contributed by atoms with Crippen LogP contribution in [0.25, 0.3) is 5.76 Å². The summed E-state index contributed by atoms with van der Waals surface area (Å²) in [6, 6.07) is 17.7. The predicted molar refractivity (Wildman–Crippen MR) is 104 cm³/mol. The minimum absolute atomic E-state index is 0.0495. The second-order valence-electron chi connectivity index (χ2n) is 6.53. The Morgan fingerprint density at radius 3 is 2.10 bits per heavy atom. The van der Waals surface area contributed by atoms with Crippen LogP contribution in [-0.4, -0.2) is 16.8 Å². The number of aliphatic hydroxyl groups excluding tert-OH is 1. The van der Waals surface area contributed by atoms with Crippen LogP contribution in [0.4, 0.5) is 14.5 Å². The molecule has 1 aliphatic rings. The summed E-state index contributed by atoms with van der Waals surface area (Å²) in [5.74, 6) is -3.42. The van der Waals surface area contributed by atoms with Crippen LogP contribution in [0.2, 0.25) is 0 Å². The maximum Gasteiger partial charge on any atom is 0.300 e. The number of carbonyl (C=O) groups is 2. The van der Waals surface area contributed by atoms with Crippen molar-refractivity contribution in [3.8, 4) is 0 Å². The first kappa shape index (κ1) is 18.6. The number of ketones is 1. The van der Waals surface area contributed by atoms with Gasteiger partial charge in [0.05, 0.1) is 11.6 Å². The fourth-order valence-electron chi connectivity index (χ4n) is 3.44. The molecule has 0 bridgehead atoms. The Morgan fingerprint density at radius 2 is 1.45 bits per heavy atom. The highest BCUT2D eigenvalue weighted by atomic mass is 19.1. The lowest BCUT2D eigenvalue weighted by Crippen LogP contribution is -2.29. The molecule has 4 nitrogen and oxygen atoms in total. The third kappa shape index (κ3) is 3.18. The van der Waals surface area contributed by atoms with E-state index in [1.165, 1.54) is 30.3 Å². The van der Waals surface area contributed by atoms with Crippen molar-refractivity contribution in [3.05, 3.63) is 107 Å². The van der Waals surface area contributed by atoms with Crippen molar-refractivity contribution in [1.82, 2.24) is 0 Å². The Hall–Kier alpha value is -3.80. The van der Waals surface area contributed by atoms with E-state index in [0.717, 1.165) is 17.0 Å². The molecule has 1 amide bonds. The molecule has 0 aromatic heterocycles. The first-order chi connectivity index (χ1) is 14.0. The maximum atomic E-state index is 14.7. The number of benzene rings is 3. The predicted octanol–water partition coefficient (Wildman–Crippen LogP) is 4.59. The lowest BCUT2D eigenvalue weighted by Gasteiger charge is -2.25. The molecule has 0 saturated carbocycles. The van der Waals surface area contributed by atoms with Crippen molar-refractivity contribution in [2.75, 3.05) is 4.90 Å². The summed E-state index contributed by atoms with van der Waals surface area (Å²) in [7, 11) is 0. The Kier molecular flexibility index (Phi) is 4.68. The van der Waals surface area contributed by atoms with E-state index in [0.29, 0.717) is 5.56 Å². The molecule has 6 heteroatoms. The number of nitrogens with zero attached hydrogens (tertiary/aromatic N) is 1. The summed E-state index contributed by atoms with van der Waals surface area (Å²) in [6.45, 7) is 0. The van der Waals surface area contributed by atoms with Crippen molar-refractivity contribution in [2.45, 2.75) is 6.04 Å². The zero-order chi connectivity index (χ0) is 20.5. The standard InChI is InChI=1S/C23H15F2NO3/c24-15-10-12-16(13-11-15)26-20(17-8-4-5-9-18(17)25)19(22(28)23(26)29)21(27)14-6-2-1-3-7-14/h1-13,20,27H/t20-/m0/s1. The summed E-state index contributed by atoms with van der Waals surface area (Å²) in [5, 5.41) is 10.8. The Balaban J connectivity index is 1.97. The summed E-state index contributed by atoms with van der Waals surface area (Å²) in [6.07, 6.45) is 0. The van der Waals surface area contributed by atoms with Crippen molar-refractivity contribution in [2.24, 2.45) is 0 Å². The molecule has 3 aromatic carbocycles. The van der Waals surface area contributed by atoms with Gasteiger partial charge < -0.3 is 5.11 Å². The maximum absolute atomic E-state index is 14.7. The normalized spacial score (nSPS) is 18.3. The van der Waals surface area contributed by atoms with Crippen LogP contribution >= 0.6 is 0 Å². The molecular weight excluding hydrogens is 376 g/mol. The smallest absolute Gasteiger partial charge is 0.300 e. The van der Waals surface area contributed by atoms with E-state index in [1.54, 1.807) is 36.4 Å². The molecule has 0 radical (unpaired) electrons. The largest absolute Gasteiger partial charge is 0.507 e. The molecule has 1 fully saturated rings. The van der Waals surface area contributed by atoms with E-state index in [4.69, 9.17) is 0 Å². The number of carbonyl (C=O) groups excluding carboxylic acids is 2. The lowest BCUT2D eigenvalue weighted by molar-refractivity contribution is -0.132. The fourth-order valence-corrected chi connectivity index (χ4v) is 3.44. The number of hydrogen-bond donors (Lipinski definition) is 1. The average Bonchev–Trinajstić information content (AvgIpc) is 3.00. The summed E-state index contributed by atoms with van der Waals surface area (Å²) in [5.41, 5.74) is 0.365. The van der Waals surface area contributed by atoms with Gasteiger partial charge in [-0.15, -0.1) is 0 Å². The molecule has 1 saturated heterocycles. The van der Waals surface area contributed by atoms with E-state index in [-0.39, 0.29) is 16.8 Å². The van der Waals surface area contributed by atoms with Gasteiger partial charge in [0.15, 0.2) is 0 Å². The van der Waals surface area contributed by atoms with Crippen LogP contribution in [0, 0.1) is 11.6 Å². The van der Waals surface area contributed by atoms with Crippen LogP contribution in [0.5, 0.6) is 0 Å². The number of aliphatic hydroxyl groups is 1. The molecule has 3 aromatic rings. The molecule has 0 aliphatic carbocycles. The molecule has 1 atom stereocenters. The molecule has 4 rings (SSSR count). The van der Waals surface area contributed by atoms with E-state index < -0.39 is 35.1 Å². The SMILES string of the molecule is O=C1C(=O)N(c2ccc(F)cc2)[C@@H](c2ccccc2F)C1=C(O)c1ccccc1. The molecule has 1 N–H and O–H groups in total. The summed E-state index contributed by atoms with van der Waals surface area (Å²) < 4.78 is 28.1. The third-order valence-corrected chi connectivity index (χ3v) is 4.80. The van der Waals surface area contributed by atoms with E-state index in [1.807, 2.05) is 0 Å². The molecule has 1 heterocycles. The average molecular weight is 391 g/mol. The van der Waals surface area contributed by atoms with E-state index in [2.05, 4.69) is 0 Å². The first-order valence-corrected chi connectivity index (χ1v) is 8.85. The van der Waals surface area contributed by atoms with E-state index >= 15 is 0 Å². The van der Waals surface area contributed by atoms with Crippen molar-refractivity contribution in [1.29, 1.82) is 0 Å². The van der Waals surface area contributed by atoms with Gasteiger partial charge >= 0.3 is 0 Å². The zero-order valence-corrected chi connectivity index (χ0v) is 15.0. The lowest BCUT2D eigenvalue weighted by atomic mass is 9.94. The highest BCUT2D eigenvalue weighted by Crippen LogP contribution is 2.42. The van der Waals surface area contributed by atoms with Crippen molar-refractivity contribution < 1.29 is 23.5 Å². The molecule has 1 aliphatic heterocycles. The minimum Gasteiger partial charge on any atom is -0.507 e. The van der Waals surface area contributed by atoms with Crippen molar-refractivity contribution >= 4 is 23.1 Å². The number of anilines is 1. The molecule has 144 valence electrons. The Bertz CT molecular complexity index is 1120. The van der Waals surface area contributed by atoms with Gasteiger partial charge in [0.1, 0.15) is 17.4 Å². The Morgan fingerprint density at radius 1 is 0.828 bits per heavy atom. The van der Waals surface area contributed by atoms with Gasteiger partial charge in [-0.3, -0.25) is 14.5 Å². The van der Waals surface area contributed by atoms with Gasteiger partial charge in [-0.1, -0.05) is 48.5 Å². The number of hydrogen-bond acceptors (Lipinski definition) is 3. The fraction of sp³-hybridized carbons (Fsp3) is 0.0435. The van der Waals surface area contributed by atoms with Gasteiger partial charge in [-0.25, -0.2) is 8.78 Å². The van der Waals surface area contributed by atoms with Gasteiger partial charge in [0.2, 0.25) is 0 Å². The molecule has 0 unspecified atom stereocenters. The Labute approximate surface area is 165 Å². The van der Waals surface area contributed by atoms with Crippen LogP contribution in [0.3, 0.4) is 0 Å². The molecular formula is C23H15F2NO3. The highest BCUT2D eigenvalue weighted by Gasteiger charge is 2.47. The highest BCUT2D eigenvalue weighted by molar-refractivity contribution is 6.51. The summed E-state index contributed by atoms with van der Waals surface area (Å²) in [4.78, 5) is 26.8. The second-order valence-corrected chi connectivity index (χ2v) is 6.53. The van der Waals surface area contributed by atoms with E-state index in [9.17, 15) is 23.5 Å². The first-order valence-electron chi connectivity index (χ1n) is 8.85. The number of halogens is 2. The third-order valence-electron chi connectivity index (χ3n) is 4.80. The van der Waals surface area contributed by atoms with Crippen LogP contribution in [-0.2, 0) is 9.59 Å². The van der Waals surface area contributed by atoms with Crippen molar-refractivity contribution in [3.63, 3.8) is 0 Å². The van der Waals surface area contributed by atoms with Crippen LogP contribution in [0.1, 0.15) is 17.2 Å². The van der Waals surface area contributed by atoms with Gasteiger partial charge in [0, 0.05) is 16.8 Å². The van der Waals surface area contributed by atoms with Crippen LogP contribution < -0.4 is 4.90 Å². The van der Waals surface area contributed by atoms with Gasteiger partial charge in [-0.05, 0) is 30.3 Å². The number of amides is 1. The van der Waals surface area contributed by atoms with Gasteiger partial charge in [-0.2, -0.15) is 0 Å². The topological polar surface area (TPSA) is 57.6 Å². The molecule has 29 heavy (non-hydrogen) atoms. The number of rotatable bonds is 3. The quantitative estimate of drug-likeness (QED) is 0.404.